The second kappa shape index (κ2) is 9.13. The third-order valence-corrected chi connectivity index (χ3v) is 3.71. The molecule has 3 nitrogen and oxygen atoms in total. The van der Waals surface area contributed by atoms with Crippen LogP contribution in [0.15, 0.2) is 67.3 Å². The van der Waals surface area contributed by atoms with Gasteiger partial charge in [-0.05, 0) is 23.6 Å². The zero-order valence-corrected chi connectivity index (χ0v) is 14.1. The zero-order valence-electron chi connectivity index (χ0n) is 13.3. The van der Waals surface area contributed by atoms with Crippen LogP contribution in [0.5, 0.6) is 0 Å². The number of halogens is 1. The summed E-state index contributed by atoms with van der Waals surface area (Å²) in [6.07, 6.45) is 1.73. The standard InChI is InChI=1S/C19H22N2O.ClH/c1-3-13-21(14-17-12-8-7-9-15(17)2)19(22)18(20)16-10-5-4-6-11-16;/h3-12,18H,1,13-14,20H2,2H3;1H/t18-;/m1./s1. The molecule has 0 heterocycles. The molecule has 122 valence electrons. The highest BCUT2D eigenvalue weighted by molar-refractivity contribution is 5.85. The van der Waals surface area contributed by atoms with Gasteiger partial charge in [0.2, 0.25) is 5.91 Å². The van der Waals surface area contributed by atoms with Gasteiger partial charge in [0.15, 0.2) is 0 Å². The van der Waals surface area contributed by atoms with E-state index in [1.807, 2.05) is 61.5 Å². The van der Waals surface area contributed by atoms with E-state index in [0.717, 1.165) is 16.7 Å². The fraction of sp³-hybridized carbons (Fsp3) is 0.211. The highest BCUT2D eigenvalue weighted by Crippen LogP contribution is 2.16. The van der Waals surface area contributed by atoms with Crippen LogP contribution in [0.2, 0.25) is 0 Å². The van der Waals surface area contributed by atoms with Gasteiger partial charge < -0.3 is 10.6 Å². The molecule has 2 rings (SSSR count). The summed E-state index contributed by atoms with van der Waals surface area (Å²) in [5.41, 5.74) is 9.25. The molecule has 0 aliphatic heterocycles. The number of carbonyl (C=O) groups excluding carboxylic acids is 1. The first kappa shape index (κ1) is 18.9. The van der Waals surface area contributed by atoms with Crippen LogP contribution in [0.1, 0.15) is 22.7 Å². The van der Waals surface area contributed by atoms with E-state index in [1.54, 1.807) is 11.0 Å². The van der Waals surface area contributed by atoms with Crippen molar-refractivity contribution in [2.45, 2.75) is 19.5 Å². The molecule has 0 unspecified atom stereocenters. The van der Waals surface area contributed by atoms with E-state index in [9.17, 15) is 4.79 Å². The van der Waals surface area contributed by atoms with Crippen LogP contribution < -0.4 is 5.73 Å². The molecule has 0 fully saturated rings. The summed E-state index contributed by atoms with van der Waals surface area (Å²) in [5, 5.41) is 0. The number of aryl methyl sites for hydroxylation is 1. The van der Waals surface area contributed by atoms with Crippen LogP contribution in [0.3, 0.4) is 0 Å². The van der Waals surface area contributed by atoms with E-state index in [-0.39, 0.29) is 18.3 Å². The Balaban J connectivity index is 0.00000264. The van der Waals surface area contributed by atoms with Crippen molar-refractivity contribution in [2.75, 3.05) is 6.54 Å². The van der Waals surface area contributed by atoms with Crippen LogP contribution in [0, 0.1) is 6.92 Å². The summed E-state index contributed by atoms with van der Waals surface area (Å²) < 4.78 is 0. The maximum atomic E-state index is 12.7. The van der Waals surface area contributed by atoms with Gasteiger partial charge >= 0.3 is 0 Å². The van der Waals surface area contributed by atoms with Gasteiger partial charge in [0.1, 0.15) is 6.04 Å². The molecule has 0 bridgehead atoms. The fourth-order valence-electron chi connectivity index (χ4n) is 2.38. The summed E-state index contributed by atoms with van der Waals surface area (Å²) in [6, 6.07) is 16.9. The van der Waals surface area contributed by atoms with Crippen molar-refractivity contribution in [1.82, 2.24) is 4.90 Å². The summed E-state index contributed by atoms with van der Waals surface area (Å²) in [6.45, 7) is 6.81. The minimum atomic E-state index is -0.648. The summed E-state index contributed by atoms with van der Waals surface area (Å²) in [7, 11) is 0. The number of carbonyl (C=O) groups is 1. The van der Waals surface area contributed by atoms with E-state index in [2.05, 4.69) is 6.58 Å². The number of benzene rings is 2. The van der Waals surface area contributed by atoms with Crippen molar-refractivity contribution >= 4 is 18.3 Å². The van der Waals surface area contributed by atoms with E-state index in [1.165, 1.54) is 0 Å². The van der Waals surface area contributed by atoms with Crippen molar-refractivity contribution in [3.8, 4) is 0 Å². The average molecular weight is 331 g/mol. The molecule has 2 N–H and O–H groups in total. The van der Waals surface area contributed by atoms with E-state index in [4.69, 9.17) is 5.73 Å². The number of amides is 1. The Hall–Kier alpha value is -2.10. The smallest absolute Gasteiger partial charge is 0.244 e. The molecule has 0 spiro atoms. The first-order valence-corrected chi connectivity index (χ1v) is 7.38. The molecule has 0 aromatic heterocycles. The van der Waals surface area contributed by atoms with Crippen molar-refractivity contribution in [2.24, 2.45) is 5.73 Å². The van der Waals surface area contributed by atoms with Gasteiger partial charge in [-0.15, -0.1) is 19.0 Å². The van der Waals surface area contributed by atoms with Crippen LogP contribution in [-0.2, 0) is 11.3 Å². The monoisotopic (exact) mass is 330 g/mol. The van der Waals surface area contributed by atoms with Crippen molar-refractivity contribution in [3.63, 3.8) is 0 Å². The van der Waals surface area contributed by atoms with Gasteiger partial charge in [0.25, 0.3) is 0 Å². The van der Waals surface area contributed by atoms with E-state index < -0.39 is 6.04 Å². The number of hydrogen-bond acceptors (Lipinski definition) is 2. The zero-order chi connectivity index (χ0) is 15.9. The minimum absolute atomic E-state index is 0. The Bertz CT molecular complexity index is 643. The Morgan fingerprint density at radius 3 is 2.39 bits per heavy atom. The first-order valence-electron chi connectivity index (χ1n) is 7.38. The third kappa shape index (κ3) is 4.95. The van der Waals surface area contributed by atoms with Crippen LogP contribution in [0.4, 0.5) is 0 Å². The molecule has 2 aromatic carbocycles. The largest absolute Gasteiger partial charge is 0.333 e. The average Bonchev–Trinajstić information content (AvgIpc) is 2.56. The minimum Gasteiger partial charge on any atom is -0.333 e. The van der Waals surface area contributed by atoms with Gasteiger partial charge in [-0.25, -0.2) is 0 Å². The molecule has 2 aromatic rings. The molecule has 0 radical (unpaired) electrons. The fourth-order valence-corrected chi connectivity index (χ4v) is 2.38. The Morgan fingerprint density at radius 1 is 1.17 bits per heavy atom. The van der Waals surface area contributed by atoms with Crippen molar-refractivity contribution in [3.05, 3.63) is 83.9 Å². The van der Waals surface area contributed by atoms with Gasteiger partial charge in [-0.2, -0.15) is 0 Å². The predicted molar refractivity (Wildman–Crippen MR) is 97.4 cm³/mol. The molecule has 1 amide bonds. The lowest BCUT2D eigenvalue weighted by atomic mass is 10.0. The molecular weight excluding hydrogens is 308 g/mol. The number of nitrogens with zero attached hydrogens (tertiary/aromatic N) is 1. The maximum absolute atomic E-state index is 12.7. The lowest BCUT2D eigenvalue weighted by molar-refractivity contribution is -0.132. The summed E-state index contributed by atoms with van der Waals surface area (Å²) in [4.78, 5) is 14.4. The number of nitrogens with two attached hydrogens (primary N) is 1. The highest BCUT2D eigenvalue weighted by atomic mass is 35.5. The topological polar surface area (TPSA) is 46.3 Å². The molecule has 0 aliphatic carbocycles. The SMILES string of the molecule is C=CCN(Cc1ccccc1C)C(=O)[C@H](N)c1ccccc1.Cl. The van der Waals surface area contributed by atoms with Crippen molar-refractivity contribution < 1.29 is 4.79 Å². The second-order valence-corrected chi connectivity index (χ2v) is 5.32. The Morgan fingerprint density at radius 2 is 1.78 bits per heavy atom. The predicted octanol–water partition coefficient (Wildman–Crippen LogP) is 3.63. The van der Waals surface area contributed by atoms with Gasteiger partial charge in [0.05, 0.1) is 0 Å². The molecule has 0 aliphatic rings. The first-order chi connectivity index (χ1) is 10.6. The molecule has 23 heavy (non-hydrogen) atoms. The van der Waals surface area contributed by atoms with Crippen molar-refractivity contribution in [1.29, 1.82) is 0 Å². The molecule has 0 saturated heterocycles. The highest BCUT2D eigenvalue weighted by Gasteiger charge is 2.22. The summed E-state index contributed by atoms with van der Waals surface area (Å²) in [5.74, 6) is -0.0886. The lowest BCUT2D eigenvalue weighted by Crippen LogP contribution is -2.38. The van der Waals surface area contributed by atoms with Gasteiger partial charge in [0, 0.05) is 13.1 Å². The molecular formula is C19H23ClN2O. The lowest BCUT2D eigenvalue weighted by Gasteiger charge is -2.25. The maximum Gasteiger partial charge on any atom is 0.244 e. The van der Waals surface area contributed by atoms with Crippen LogP contribution in [-0.4, -0.2) is 17.4 Å². The van der Waals surface area contributed by atoms with Crippen LogP contribution >= 0.6 is 12.4 Å². The van der Waals surface area contributed by atoms with Crippen LogP contribution in [0.25, 0.3) is 0 Å². The normalized spacial score (nSPS) is 11.2. The van der Waals surface area contributed by atoms with E-state index >= 15 is 0 Å². The second-order valence-electron chi connectivity index (χ2n) is 5.32. The Labute approximate surface area is 144 Å². The van der Waals surface area contributed by atoms with Gasteiger partial charge in [-0.1, -0.05) is 60.7 Å². The molecule has 0 saturated carbocycles. The summed E-state index contributed by atoms with van der Waals surface area (Å²) >= 11 is 0. The third-order valence-electron chi connectivity index (χ3n) is 3.71. The number of rotatable bonds is 6. The Kier molecular flexibility index (Phi) is 7.52. The molecule has 1 atom stereocenters. The molecule has 4 heteroatoms. The van der Waals surface area contributed by atoms with Gasteiger partial charge in [-0.3, -0.25) is 4.79 Å². The van der Waals surface area contributed by atoms with E-state index in [0.29, 0.717) is 13.1 Å². The number of hydrogen-bond donors (Lipinski definition) is 1. The quantitative estimate of drug-likeness (QED) is 0.822.